The number of hydrogen-bond donors (Lipinski definition) is 1. The van der Waals surface area contributed by atoms with Gasteiger partial charge in [-0.15, -0.1) is 11.8 Å². The Kier molecular flexibility index (Phi) is 8.18. The Bertz CT molecular complexity index is 894. The largest absolute Gasteiger partial charge is 0.343 e. The molecule has 2 aromatic rings. The second kappa shape index (κ2) is 11.5. The summed E-state index contributed by atoms with van der Waals surface area (Å²) in [7, 11) is 0. The molecule has 0 spiro atoms. The van der Waals surface area contributed by atoms with Gasteiger partial charge in [-0.25, -0.2) is 4.98 Å². The zero-order valence-electron chi connectivity index (χ0n) is 18.5. The van der Waals surface area contributed by atoms with E-state index in [1.54, 1.807) is 18.0 Å². The molecule has 2 aliphatic heterocycles. The predicted molar refractivity (Wildman–Crippen MR) is 128 cm³/mol. The molecule has 170 valence electrons. The standard InChI is InChI=1S/C25H32N4O2S/c30-23(18-28-14-9-20(10-15-28)17-25(31)29-12-3-4-13-29)27-22-7-5-6-21(16-22)19-32-24-8-1-2-11-26-24/h1-2,5-8,11,16,20H,3-4,9-10,12-15,17-19H2,(H,27,30). The molecule has 2 amide bonds. The van der Waals surface area contributed by atoms with Crippen molar-refractivity contribution in [2.75, 3.05) is 38.0 Å². The molecule has 1 aromatic heterocycles. The molecular formula is C25H32N4O2S. The SMILES string of the molecule is O=C(CN1CCC(CC(=O)N2CCCC2)CC1)Nc1cccc(CSc2ccccn2)c1. The molecule has 0 saturated carbocycles. The Hall–Kier alpha value is -2.38. The summed E-state index contributed by atoms with van der Waals surface area (Å²) in [5.74, 6) is 1.60. The number of anilines is 1. The molecule has 0 atom stereocenters. The number of carbonyl (C=O) groups is 2. The minimum atomic E-state index is 0.0196. The van der Waals surface area contributed by atoms with Crippen molar-refractivity contribution in [1.82, 2.24) is 14.8 Å². The maximum absolute atomic E-state index is 12.6. The second-order valence-corrected chi connectivity index (χ2v) is 9.71. The normalized spacial score (nSPS) is 17.4. The lowest BCUT2D eigenvalue weighted by Gasteiger charge is -2.31. The fourth-order valence-corrected chi connectivity index (χ4v) is 5.23. The summed E-state index contributed by atoms with van der Waals surface area (Å²) in [6, 6.07) is 13.9. The summed E-state index contributed by atoms with van der Waals surface area (Å²) in [6.45, 7) is 4.03. The maximum atomic E-state index is 12.6. The molecule has 2 saturated heterocycles. The molecule has 6 nitrogen and oxygen atoms in total. The molecule has 7 heteroatoms. The zero-order valence-corrected chi connectivity index (χ0v) is 19.4. The highest BCUT2D eigenvalue weighted by Crippen LogP contribution is 2.24. The van der Waals surface area contributed by atoms with Crippen LogP contribution in [0.25, 0.3) is 0 Å². The lowest BCUT2D eigenvalue weighted by Crippen LogP contribution is -2.40. The van der Waals surface area contributed by atoms with Crippen LogP contribution < -0.4 is 5.32 Å². The third-order valence-electron chi connectivity index (χ3n) is 6.23. The number of nitrogens with zero attached hydrogens (tertiary/aromatic N) is 3. The Balaban J connectivity index is 1.18. The van der Waals surface area contributed by atoms with Gasteiger partial charge in [-0.1, -0.05) is 18.2 Å². The van der Waals surface area contributed by atoms with Crippen molar-refractivity contribution in [3.05, 3.63) is 54.2 Å². The predicted octanol–water partition coefficient (Wildman–Crippen LogP) is 4.04. The van der Waals surface area contributed by atoms with E-state index < -0.39 is 0 Å². The molecule has 4 rings (SSSR count). The van der Waals surface area contributed by atoms with Crippen LogP contribution in [-0.4, -0.2) is 59.3 Å². The quantitative estimate of drug-likeness (QED) is 0.613. The first-order chi connectivity index (χ1) is 15.7. The summed E-state index contributed by atoms with van der Waals surface area (Å²) in [5.41, 5.74) is 1.99. The zero-order chi connectivity index (χ0) is 22.2. The minimum Gasteiger partial charge on any atom is -0.343 e. The average molecular weight is 453 g/mol. The molecule has 32 heavy (non-hydrogen) atoms. The van der Waals surface area contributed by atoms with E-state index in [9.17, 15) is 9.59 Å². The first-order valence-corrected chi connectivity index (χ1v) is 12.6. The van der Waals surface area contributed by atoms with Gasteiger partial charge in [0.25, 0.3) is 0 Å². The number of piperidine rings is 1. The van der Waals surface area contributed by atoms with E-state index in [-0.39, 0.29) is 5.91 Å². The third kappa shape index (κ3) is 6.81. The van der Waals surface area contributed by atoms with E-state index >= 15 is 0 Å². The van der Waals surface area contributed by atoms with Crippen molar-refractivity contribution in [3.63, 3.8) is 0 Å². The highest BCUT2D eigenvalue weighted by molar-refractivity contribution is 7.98. The van der Waals surface area contributed by atoms with Crippen molar-refractivity contribution in [2.24, 2.45) is 5.92 Å². The van der Waals surface area contributed by atoms with Gasteiger partial charge in [0.1, 0.15) is 0 Å². The number of amides is 2. The second-order valence-electron chi connectivity index (χ2n) is 8.72. The van der Waals surface area contributed by atoms with Gasteiger partial charge in [0.2, 0.25) is 11.8 Å². The van der Waals surface area contributed by atoms with Crippen LogP contribution >= 0.6 is 11.8 Å². The molecule has 0 unspecified atom stereocenters. The molecule has 1 aromatic carbocycles. The fourth-order valence-electron chi connectivity index (χ4n) is 4.42. The van der Waals surface area contributed by atoms with Crippen LogP contribution in [0.4, 0.5) is 5.69 Å². The van der Waals surface area contributed by atoms with Gasteiger partial charge in [0, 0.05) is 37.1 Å². The van der Waals surface area contributed by atoms with Crippen LogP contribution in [0, 0.1) is 5.92 Å². The van der Waals surface area contributed by atoms with Crippen molar-refractivity contribution >= 4 is 29.3 Å². The Morgan fingerprint density at radius 1 is 1.03 bits per heavy atom. The highest BCUT2D eigenvalue weighted by atomic mass is 32.2. The number of pyridine rings is 1. The number of benzene rings is 1. The Morgan fingerprint density at radius 2 is 1.84 bits per heavy atom. The van der Waals surface area contributed by atoms with Gasteiger partial charge >= 0.3 is 0 Å². The molecule has 0 aliphatic carbocycles. The minimum absolute atomic E-state index is 0.0196. The lowest BCUT2D eigenvalue weighted by atomic mass is 9.93. The number of aromatic nitrogens is 1. The van der Waals surface area contributed by atoms with Crippen LogP contribution in [0.2, 0.25) is 0 Å². The Labute approximate surface area is 194 Å². The number of rotatable bonds is 8. The number of likely N-dealkylation sites (tertiary alicyclic amines) is 2. The van der Waals surface area contributed by atoms with Gasteiger partial charge in [-0.05, 0) is 74.5 Å². The van der Waals surface area contributed by atoms with E-state index in [0.29, 0.717) is 24.8 Å². The number of thioether (sulfide) groups is 1. The highest BCUT2D eigenvalue weighted by Gasteiger charge is 2.26. The number of nitrogens with one attached hydrogen (secondary N) is 1. The van der Waals surface area contributed by atoms with Crippen LogP contribution in [-0.2, 0) is 15.3 Å². The van der Waals surface area contributed by atoms with Gasteiger partial charge < -0.3 is 10.2 Å². The monoisotopic (exact) mass is 452 g/mol. The van der Waals surface area contributed by atoms with E-state index in [2.05, 4.69) is 21.3 Å². The number of hydrogen-bond acceptors (Lipinski definition) is 5. The topological polar surface area (TPSA) is 65.5 Å². The van der Waals surface area contributed by atoms with Crippen molar-refractivity contribution in [1.29, 1.82) is 0 Å². The van der Waals surface area contributed by atoms with E-state index in [0.717, 1.165) is 73.9 Å². The van der Waals surface area contributed by atoms with E-state index in [4.69, 9.17) is 0 Å². The smallest absolute Gasteiger partial charge is 0.238 e. The first-order valence-electron chi connectivity index (χ1n) is 11.6. The van der Waals surface area contributed by atoms with Gasteiger partial charge in [0.15, 0.2) is 0 Å². The average Bonchev–Trinajstić information content (AvgIpc) is 3.35. The van der Waals surface area contributed by atoms with Gasteiger partial charge in [-0.3, -0.25) is 14.5 Å². The van der Waals surface area contributed by atoms with Crippen molar-refractivity contribution in [2.45, 2.75) is 42.9 Å². The third-order valence-corrected chi connectivity index (χ3v) is 7.25. The molecule has 2 fully saturated rings. The Morgan fingerprint density at radius 3 is 2.59 bits per heavy atom. The maximum Gasteiger partial charge on any atom is 0.238 e. The molecular weight excluding hydrogens is 420 g/mol. The van der Waals surface area contributed by atoms with E-state index in [1.165, 1.54) is 0 Å². The summed E-state index contributed by atoms with van der Waals surface area (Å²) < 4.78 is 0. The van der Waals surface area contributed by atoms with Crippen LogP contribution in [0.15, 0.2) is 53.7 Å². The van der Waals surface area contributed by atoms with Crippen molar-refractivity contribution < 1.29 is 9.59 Å². The molecule has 2 aliphatic rings. The summed E-state index contributed by atoms with van der Waals surface area (Å²) in [6.07, 6.45) is 6.74. The molecule has 3 heterocycles. The molecule has 0 bridgehead atoms. The first kappa shape index (κ1) is 22.8. The number of carbonyl (C=O) groups excluding carboxylic acids is 2. The van der Waals surface area contributed by atoms with Crippen LogP contribution in [0.1, 0.15) is 37.7 Å². The fraction of sp³-hybridized carbons (Fsp3) is 0.480. The summed E-state index contributed by atoms with van der Waals surface area (Å²) >= 11 is 1.68. The van der Waals surface area contributed by atoms with Crippen LogP contribution in [0.3, 0.4) is 0 Å². The van der Waals surface area contributed by atoms with Crippen molar-refractivity contribution in [3.8, 4) is 0 Å². The lowest BCUT2D eigenvalue weighted by molar-refractivity contribution is -0.131. The molecule has 0 radical (unpaired) electrons. The van der Waals surface area contributed by atoms with E-state index in [1.807, 2.05) is 41.3 Å². The molecule has 1 N–H and O–H groups in total. The van der Waals surface area contributed by atoms with Gasteiger partial charge in [0.05, 0.1) is 11.6 Å². The van der Waals surface area contributed by atoms with Gasteiger partial charge in [-0.2, -0.15) is 0 Å². The van der Waals surface area contributed by atoms with Crippen LogP contribution in [0.5, 0.6) is 0 Å². The summed E-state index contributed by atoms with van der Waals surface area (Å²) in [5, 5.41) is 4.04. The summed E-state index contributed by atoms with van der Waals surface area (Å²) in [4.78, 5) is 33.5.